The van der Waals surface area contributed by atoms with Crippen LogP contribution in [0.1, 0.15) is 16.2 Å². The van der Waals surface area contributed by atoms with Crippen molar-refractivity contribution in [3.8, 4) is 0 Å². The van der Waals surface area contributed by atoms with Crippen LogP contribution in [0.5, 0.6) is 0 Å². The van der Waals surface area contributed by atoms with Gasteiger partial charge in [0.15, 0.2) is 5.69 Å². The van der Waals surface area contributed by atoms with E-state index in [0.717, 1.165) is 0 Å². The van der Waals surface area contributed by atoms with Gasteiger partial charge in [0.2, 0.25) is 0 Å². The Morgan fingerprint density at radius 3 is 2.94 bits per heavy atom. The molecule has 0 saturated heterocycles. The van der Waals surface area contributed by atoms with Crippen LogP contribution in [0.2, 0.25) is 0 Å². The first-order valence-corrected chi connectivity index (χ1v) is 4.90. The minimum absolute atomic E-state index is 0.190. The Balaban J connectivity index is 2.54. The zero-order valence-corrected chi connectivity index (χ0v) is 9.64. The SMILES string of the molecule is COCC(O)CN(C)C(=O)c1cc(C)on1. The van der Waals surface area contributed by atoms with Crippen molar-refractivity contribution in [3.05, 3.63) is 17.5 Å². The van der Waals surface area contributed by atoms with Crippen molar-refractivity contribution in [2.45, 2.75) is 13.0 Å². The molecular formula is C10H16N2O4. The number of hydrogen-bond acceptors (Lipinski definition) is 5. The van der Waals surface area contributed by atoms with E-state index < -0.39 is 6.10 Å². The summed E-state index contributed by atoms with van der Waals surface area (Å²) in [5, 5.41) is 13.1. The molecule has 6 heteroatoms. The van der Waals surface area contributed by atoms with Crippen LogP contribution in [0.25, 0.3) is 0 Å². The van der Waals surface area contributed by atoms with Crippen molar-refractivity contribution in [1.29, 1.82) is 0 Å². The van der Waals surface area contributed by atoms with Gasteiger partial charge in [-0.15, -0.1) is 0 Å². The highest BCUT2D eigenvalue weighted by molar-refractivity contribution is 5.92. The fourth-order valence-corrected chi connectivity index (χ4v) is 1.31. The van der Waals surface area contributed by atoms with Gasteiger partial charge >= 0.3 is 0 Å². The highest BCUT2D eigenvalue weighted by Crippen LogP contribution is 2.05. The quantitative estimate of drug-likeness (QED) is 0.771. The number of aliphatic hydroxyl groups is 1. The number of aromatic nitrogens is 1. The average molecular weight is 228 g/mol. The van der Waals surface area contributed by atoms with Gasteiger partial charge in [-0.05, 0) is 6.92 Å². The molecule has 1 unspecified atom stereocenters. The second kappa shape index (κ2) is 5.62. The van der Waals surface area contributed by atoms with Crippen LogP contribution >= 0.6 is 0 Å². The zero-order valence-electron chi connectivity index (χ0n) is 9.64. The molecule has 1 atom stereocenters. The zero-order chi connectivity index (χ0) is 12.1. The third-order valence-electron chi connectivity index (χ3n) is 2.04. The van der Waals surface area contributed by atoms with Crippen LogP contribution in [0, 0.1) is 6.92 Å². The monoisotopic (exact) mass is 228 g/mol. The molecule has 90 valence electrons. The molecule has 0 spiro atoms. The molecule has 0 aromatic carbocycles. The number of amides is 1. The van der Waals surface area contributed by atoms with Gasteiger partial charge in [-0.25, -0.2) is 0 Å². The average Bonchev–Trinajstić information content (AvgIpc) is 2.64. The van der Waals surface area contributed by atoms with Crippen LogP contribution in [-0.2, 0) is 4.74 Å². The summed E-state index contributed by atoms with van der Waals surface area (Å²) in [5.41, 5.74) is 0.240. The van der Waals surface area contributed by atoms with Crippen LogP contribution in [-0.4, -0.2) is 54.5 Å². The first-order valence-electron chi connectivity index (χ1n) is 4.90. The number of ether oxygens (including phenoxy) is 1. The largest absolute Gasteiger partial charge is 0.389 e. The minimum Gasteiger partial charge on any atom is -0.389 e. The standard InChI is InChI=1S/C10H16N2O4/c1-7-4-9(11-16-7)10(14)12(2)5-8(13)6-15-3/h4,8,13H,5-6H2,1-3H3. The van der Waals surface area contributed by atoms with Crippen molar-refractivity contribution >= 4 is 5.91 Å². The van der Waals surface area contributed by atoms with Crippen LogP contribution in [0.3, 0.4) is 0 Å². The van der Waals surface area contributed by atoms with E-state index in [1.54, 1.807) is 20.0 Å². The van der Waals surface area contributed by atoms with Crippen LogP contribution in [0.15, 0.2) is 10.6 Å². The third kappa shape index (κ3) is 3.32. The molecule has 0 aliphatic heterocycles. The first-order chi connectivity index (χ1) is 7.54. The van der Waals surface area contributed by atoms with Gasteiger partial charge in [0.05, 0.1) is 12.7 Å². The van der Waals surface area contributed by atoms with Gasteiger partial charge in [-0.3, -0.25) is 4.79 Å². The fourth-order valence-electron chi connectivity index (χ4n) is 1.31. The summed E-state index contributed by atoms with van der Waals surface area (Å²) in [5.74, 6) is 0.293. The lowest BCUT2D eigenvalue weighted by Crippen LogP contribution is -2.36. The highest BCUT2D eigenvalue weighted by Gasteiger charge is 2.18. The molecule has 0 fully saturated rings. The summed E-state index contributed by atoms with van der Waals surface area (Å²) in [6.07, 6.45) is -0.702. The Morgan fingerprint density at radius 2 is 2.44 bits per heavy atom. The Labute approximate surface area is 93.8 Å². The number of hydrogen-bond donors (Lipinski definition) is 1. The molecule has 1 N–H and O–H groups in total. The number of aryl methyl sites for hydroxylation is 1. The van der Waals surface area contributed by atoms with Crippen molar-refractivity contribution in [1.82, 2.24) is 10.1 Å². The van der Waals surface area contributed by atoms with Crippen molar-refractivity contribution in [3.63, 3.8) is 0 Å². The smallest absolute Gasteiger partial charge is 0.275 e. The maximum Gasteiger partial charge on any atom is 0.275 e. The predicted octanol–water partition coefficient (Wildman–Crippen LogP) is 0.0623. The number of nitrogens with zero attached hydrogens (tertiary/aromatic N) is 2. The van der Waals surface area contributed by atoms with Gasteiger partial charge in [-0.1, -0.05) is 5.16 Å². The highest BCUT2D eigenvalue weighted by atomic mass is 16.5. The van der Waals surface area contributed by atoms with Gasteiger partial charge in [0.25, 0.3) is 5.91 Å². The van der Waals surface area contributed by atoms with Gasteiger partial charge in [0.1, 0.15) is 5.76 Å². The molecule has 0 radical (unpaired) electrons. The molecule has 0 bridgehead atoms. The number of methoxy groups -OCH3 is 1. The van der Waals surface area contributed by atoms with Crippen molar-refractivity contribution in [2.24, 2.45) is 0 Å². The van der Waals surface area contributed by atoms with Crippen molar-refractivity contribution in [2.75, 3.05) is 27.3 Å². The van der Waals surface area contributed by atoms with Crippen LogP contribution in [0.4, 0.5) is 0 Å². The minimum atomic E-state index is -0.702. The summed E-state index contributed by atoms with van der Waals surface area (Å²) in [4.78, 5) is 13.1. The van der Waals surface area contributed by atoms with E-state index >= 15 is 0 Å². The lowest BCUT2D eigenvalue weighted by molar-refractivity contribution is 0.0376. The summed E-state index contributed by atoms with van der Waals surface area (Å²) in [6.45, 7) is 2.09. The third-order valence-corrected chi connectivity index (χ3v) is 2.04. The topological polar surface area (TPSA) is 75.8 Å². The van der Waals surface area contributed by atoms with E-state index in [1.807, 2.05) is 0 Å². The van der Waals surface area contributed by atoms with Gasteiger partial charge in [-0.2, -0.15) is 0 Å². The molecule has 0 aliphatic carbocycles. The molecule has 1 aromatic heterocycles. The van der Waals surface area contributed by atoms with Crippen molar-refractivity contribution < 1.29 is 19.2 Å². The Morgan fingerprint density at radius 1 is 1.75 bits per heavy atom. The molecular weight excluding hydrogens is 212 g/mol. The number of carbonyl (C=O) groups is 1. The van der Waals surface area contributed by atoms with E-state index in [2.05, 4.69) is 5.16 Å². The van der Waals surface area contributed by atoms with Gasteiger partial charge < -0.3 is 19.3 Å². The first kappa shape index (κ1) is 12.7. The molecule has 6 nitrogen and oxygen atoms in total. The van der Waals surface area contributed by atoms with E-state index in [-0.39, 0.29) is 24.8 Å². The number of rotatable bonds is 5. The number of likely N-dealkylation sites (N-methyl/N-ethyl adjacent to an activating group) is 1. The summed E-state index contributed by atoms with van der Waals surface area (Å²) in [6, 6.07) is 1.56. The Bertz CT molecular complexity index is 350. The normalized spacial score (nSPS) is 12.5. The second-order valence-electron chi connectivity index (χ2n) is 3.62. The molecule has 1 amide bonds. The molecule has 16 heavy (non-hydrogen) atoms. The van der Waals surface area contributed by atoms with Gasteiger partial charge in [0, 0.05) is 26.8 Å². The van der Waals surface area contributed by atoms with E-state index in [9.17, 15) is 9.90 Å². The van der Waals surface area contributed by atoms with Crippen LogP contribution < -0.4 is 0 Å². The maximum atomic E-state index is 11.7. The number of aliphatic hydroxyl groups excluding tert-OH is 1. The van der Waals surface area contributed by atoms with E-state index in [0.29, 0.717) is 5.76 Å². The Hall–Kier alpha value is -1.40. The predicted molar refractivity (Wildman–Crippen MR) is 56.1 cm³/mol. The summed E-state index contributed by atoms with van der Waals surface area (Å²) < 4.78 is 9.58. The van der Waals surface area contributed by atoms with E-state index in [1.165, 1.54) is 12.0 Å². The Kier molecular flexibility index (Phi) is 4.45. The molecule has 1 heterocycles. The molecule has 1 aromatic rings. The molecule has 0 aliphatic rings. The molecule has 1 rings (SSSR count). The number of carbonyl (C=O) groups excluding carboxylic acids is 1. The maximum absolute atomic E-state index is 11.7. The lowest BCUT2D eigenvalue weighted by Gasteiger charge is -2.19. The van der Waals surface area contributed by atoms with E-state index in [4.69, 9.17) is 9.26 Å². The lowest BCUT2D eigenvalue weighted by atomic mass is 10.3. The fraction of sp³-hybridized carbons (Fsp3) is 0.600. The molecule has 0 saturated carbocycles. The summed E-state index contributed by atoms with van der Waals surface area (Å²) >= 11 is 0. The summed E-state index contributed by atoms with van der Waals surface area (Å²) in [7, 11) is 3.08. The second-order valence-corrected chi connectivity index (χ2v) is 3.62.